The van der Waals surface area contributed by atoms with Crippen LogP contribution >= 0.6 is 11.6 Å². The molecule has 1 rings (SSSR count). The van der Waals surface area contributed by atoms with Gasteiger partial charge in [0.25, 0.3) is 0 Å². The number of hydrogen-bond acceptors (Lipinski definition) is 3. The molecule has 0 heterocycles. The number of hydrogen-bond donors (Lipinski definition) is 0. The third kappa shape index (κ3) is 5.75. The van der Waals surface area contributed by atoms with E-state index in [1.807, 2.05) is 37.3 Å². The molecule has 1 amide bonds. The first-order chi connectivity index (χ1) is 9.17. The Balaban J connectivity index is 2.50. The Kier molecular flexibility index (Phi) is 6.97. The fourth-order valence-corrected chi connectivity index (χ4v) is 1.66. The fourth-order valence-electron chi connectivity index (χ4n) is 1.57. The van der Waals surface area contributed by atoms with Gasteiger partial charge >= 0.3 is 6.09 Å². The first-order valence-electron chi connectivity index (χ1n) is 6.20. The van der Waals surface area contributed by atoms with Crippen molar-refractivity contribution >= 4 is 23.5 Å². The van der Waals surface area contributed by atoms with E-state index in [0.29, 0.717) is 6.54 Å². The van der Waals surface area contributed by atoms with Crippen LogP contribution in [0.1, 0.15) is 18.9 Å². The third-order valence-electron chi connectivity index (χ3n) is 2.47. The van der Waals surface area contributed by atoms with Gasteiger partial charge in [0.2, 0.25) is 0 Å². The van der Waals surface area contributed by atoms with Crippen molar-refractivity contribution in [1.29, 1.82) is 0 Å². The van der Waals surface area contributed by atoms with E-state index >= 15 is 0 Å². The summed E-state index contributed by atoms with van der Waals surface area (Å²) in [6.45, 7) is 2.62. The zero-order valence-electron chi connectivity index (χ0n) is 11.0. The van der Waals surface area contributed by atoms with E-state index in [-0.39, 0.29) is 24.8 Å². The van der Waals surface area contributed by atoms with Crippen molar-refractivity contribution in [2.75, 3.05) is 19.0 Å². The van der Waals surface area contributed by atoms with Crippen LogP contribution in [0.2, 0.25) is 0 Å². The molecule has 5 heteroatoms. The standard InChI is InChI=1S/C14H18ClNO3/c1-2-8-16(10-13(17)9-15)14(18)19-11-12-6-4-3-5-7-12/h3-7H,2,8-11H2,1H3. The number of ketones is 1. The minimum atomic E-state index is -0.482. The number of alkyl halides is 1. The Morgan fingerprint density at radius 3 is 2.53 bits per heavy atom. The van der Waals surface area contributed by atoms with Crippen molar-refractivity contribution in [3.8, 4) is 0 Å². The first kappa shape index (κ1) is 15.5. The summed E-state index contributed by atoms with van der Waals surface area (Å²) in [7, 11) is 0. The molecule has 0 aliphatic heterocycles. The molecule has 1 aromatic carbocycles. The molecule has 4 nitrogen and oxygen atoms in total. The van der Waals surface area contributed by atoms with Crippen molar-refractivity contribution < 1.29 is 14.3 Å². The van der Waals surface area contributed by atoms with Gasteiger partial charge in [0.1, 0.15) is 6.61 Å². The Morgan fingerprint density at radius 1 is 1.26 bits per heavy atom. The smallest absolute Gasteiger partial charge is 0.410 e. The van der Waals surface area contributed by atoms with Gasteiger partial charge in [-0.3, -0.25) is 4.79 Å². The molecule has 0 bridgehead atoms. The molecule has 0 atom stereocenters. The highest BCUT2D eigenvalue weighted by atomic mass is 35.5. The van der Waals surface area contributed by atoms with Crippen LogP contribution in [0, 0.1) is 0 Å². The van der Waals surface area contributed by atoms with E-state index < -0.39 is 6.09 Å². The first-order valence-corrected chi connectivity index (χ1v) is 6.74. The van der Waals surface area contributed by atoms with Gasteiger partial charge in [-0.2, -0.15) is 0 Å². The molecule has 0 fully saturated rings. The van der Waals surface area contributed by atoms with Crippen LogP contribution in [0.3, 0.4) is 0 Å². The Morgan fingerprint density at radius 2 is 1.95 bits per heavy atom. The van der Waals surface area contributed by atoms with Crippen molar-refractivity contribution in [3.63, 3.8) is 0 Å². The molecule has 0 saturated heterocycles. The highest BCUT2D eigenvalue weighted by Crippen LogP contribution is 2.04. The molecule has 0 aliphatic carbocycles. The molecule has 104 valence electrons. The van der Waals surface area contributed by atoms with Gasteiger partial charge in [-0.25, -0.2) is 4.79 Å². The number of Topliss-reactive ketones (excluding diaryl/α,β-unsaturated/α-hetero) is 1. The van der Waals surface area contributed by atoms with Gasteiger partial charge in [-0.15, -0.1) is 11.6 Å². The van der Waals surface area contributed by atoms with E-state index in [1.54, 1.807) is 0 Å². The number of halogens is 1. The summed E-state index contributed by atoms with van der Waals surface area (Å²) in [5.74, 6) is -0.279. The van der Waals surface area contributed by atoms with Crippen LogP contribution in [0.5, 0.6) is 0 Å². The highest BCUT2D eigenvalue weighted by Gasteiger charge is 2.17. The van der Waals surface area contributed by atoms with Crippen molar-refractivity contribution in [3.05, 3.63) is 35.9 Å². The summed E-state index contributed by atoms with van der Waals surface area (Å²) in [6.07, 6.45) is 0.278. The lowest BCUT2D eigenvalue weighted by atomic mass is 10.2. The number of benzene rings is 1. The quantitative estimate of drug-likeness (QED) is 0.723. The lowest BCUT2D eigenvalue weighted by Crippen LogP contribution is -2.37. The van der Waals surface area contributed by atoms with E-state index in [2.05, 4.69) is 0 Å². The predicted molar refractivity (Wildman–Crippen MR) is 74.2 cm³/mol. The zero-order chi connectivity index (χ0) is 14.1. The minimum absolute atomic E-state index is 0.00492. The second kappa shape index (κ2) is 8.53. The molecule has 0 unspecified atom stereocenters. The number of nitrogens with zero attached hydrogens (tertiary/aromatic N) is 1. The molecule has 19 heavy (non-hydrogen) atoms. The number of carbonyl (C=O) groups excluding carboxylic acids is 2. The van der Waals surface area contributed by atoms with E-state index in [4.69, 9.17) is 16.3 Å². The van der Waals surface area contributed by atoms with Gasteiger partial charge < -0.3 is 9.64 Å². The summed E-state index contributed by atoms with van der Waals surface area (Å²) in [5, 5.41) is 0. The SMILES string of the molecule is CCCN(CC(=O)CCl)C(=O)OCc1ccccc1. The van der Waals surface area contributed by atoms with Crippen LogP contribution in [0.15, 0.2) is 30.3 Å². The van der Waals surface area contributed by atoms with Gasteiger partial charge in [-0.1, -0.05) is 37.3 Å². The third-order valence-corrected chi connectivity index (χ3v) is 2.77. The molecule has 0 saturated carbocycles. The summed E-state index contributed by atoms with van der Waals surface area (Å²) in [4.78, 5) is 24.5. The zero-order valence-corrected chi connectivity index (χ0v) is 11.7. The lowest BCUT2D eigenvalue weighted by molar-refractivity contribution is -0.117. The van der Waals surface area contributed by atoms with Crippen molar-refractivity contribution in [2.45, 2.75) is 20.0 Å². The van der Waals surface area contributed by atoms with E-state index in [1.165, 1.54) is 4.90 Å². The summed E-state index contributed by atoms with van der Waals surface area (Å²) >= 11 is 5.45. The molecular formula is C14H18ClNO3. The largest absolute Gasteiger partial charge is 0.445 e. The lowest BCUT2D eigenvalue weighted by Gasteiger charge is -2.20. The second-order valence-corrected chi connectivity index (χ2v) is 4.40. The average molecular weight is 284 g/mol. The molecule has 1 aromatic rings. The van der Waals surface area contributed by atoms with E-state index in [0.717, 1.165) is 12.0 Å². The van der Waals surface area contributed by atoms with Crippen LogP contribution in [0.25, 0.3) is 0 Å². The molecule has 0 radical (unpaired) electrons. The topological polar surface area (TPSA) is 46.6 Å². The molecule has 0 aliphatic rings. The number of rotatable bonds is 7. The van der Waals surface area contributed by atoms with Gasteiger partial charge in [0.15, 0.2) is 5.78 Å². The number of amides is 1. The normalized spacial score (nSPS) is 10.0. The van der Waals surface area contributed by atoms with Crippen molar-refractivity contribution in [2.24, 2.45) is 0 Å². The van der Waals surface area contributed by atoms with Crippen LogP contribution in [-0.2, 0) is 16.1 Å². The Hall–Kier alpha value is -1.55. The molecule has 0 aromatic heterocycles. The summed E-state index contributed by atoms with van der Waals surface area (Å²) in [5.41, 5.74) is 0.913. The maximum atomic E-state index is 11.9. The summed E-state index contributed by atoms with van der Waals surface area (Å²) < 4.78 is 5.18. The van der Waals surface area contributed by atoms with E-state index in [9.17, 15) is 9.59 Å². The molecule has 0 N–H and O–H groups in total. The average Bonchev–Trinajstić information content (AvgIpc) is 2.45. The molecule has 0 spiro atoms. The van der Waals surface area contributed by atoms with Gasteiger partial charge in [0.05, 0.1) is 12.4 Å². The Bertz CT molecular complexity index is 408. The second-order valence-electron chi connectivity index (χ2n) is 4.13. The fraction of sp³-hybridized carbons (Fsp3) is 0.429. The van der Waals surface area contributed by atoms with Crippen molar-refractivity contribution in [1.82, 2.24) is 4.90 Å². The monoisotopic (exact) mass is 283 g/mol. The van der Waals surface area contributed by atoms with Crippen LogP contribution in [-0.4, -0.2) is 35.7 Å². The predicted octanol–water partition coefficient (Wildman–Crippen LogP) is 2.84. The Labute approximate surface area is 118 Å². The van der Waals surface area contributed by atoms with Crippen LogP contribution in [0.4, 0.5) is 4.79 Å². The maximum absolute atomic E-state index is 11.9. The number of carbonyl (C=O) groups is 2. The highest BCUT2D eigenvalue weighted by molar-refractivity contribution is 6.28. The van der Waals surface area contributed by atoms with Gasteiger partial charge in [-0.05, 0) is 12.0 Å². The minimum Gasteiger partial charge on any atom is -0.445 e. The molecular weight excluding hydrogens is 266 g/mol. The maximum Gasteiger partial charge on any atom is 0.410 e. The van der Waals surface area contributed by atoms with Gasteiger partial charge in [0, 0.05) is 6.54 Å². The number of ether oxygens (including phenoxy) is 1. The van der Waals surface area contributed by atoms with Crippen LogP contribution < -0.4 is 0 Å². The summed E-state index contributed by atoms with van der Waals surface area (Å²) in [6, 6.07) is 9.41.